The van der Waals surface area contributed by atoms with Crippen molar-refractivity contribution in [3.63, 3.8) is 0 Å². The summed E-state index contributed by atoms with van der Waals surface area (Å²) in [7, 11) is 1.51. The number of methoxy groups -OCH3 is 1. The van der Waals surface area contributed by atoms with Crippen LogP contribution in [0.5, 0.6) is 0 Å². The summed E-state index contributed by atoms with van der Waals surface area (Å²) in [5.41, 5.74) is 1.78. The highest BCUT2D eigenvalue weighted by atomic mass is 16.5. The normalized spacial score (nSPS) is 47.7. The Morgan fingerprint density at radius 3 is 2.13 bits per heavy atom. The van der Waals surface area contributed by atoms with Crippen molar-refractivity contribution in [2.45, 2.75) is 126 Å². The predicted molar refractivity (Wildman–Crippen MR) is 147 cm³/mol. The molecule has 0 aliphatic heterocycles. The molecule has 5 aliphatic rings. The van der Waals surface area contributed by atoms with E-state index in [-0.39, 0.29) is 51.5 Å². The number of ketones is 1. The van der Waals surface area contributed by atoms with E-state index < -0.39 is 10.8 Å². The number of carbonyl (C=O) groups is 3. The van der Waals surface area contributed by atoms with Gasteiger partial charge in [-0.1, -0.05) is 52.7 Å². The quantitative estimate of drug-likeness (QED) is 0.281. The molecule has 0 bridgehead atoms. The van der Waals surface area contributed by atoms with Crippen molar-refractivity contribution in [3.8, 4) is 0 Å². The Labute approximate surface area is 229 Å². The molecule has 38 heavy (non-hydrogen) atoms. The molecule has 5 rings (SSSR count). The van der Waals surface area contributed by atoms with Crippen molar-refractivity contribution in [3.05, 3.63) is 11.1 Å². The third-order valence-corrected chi connectivity index (χ3v) is 13.4. The minimum Gasteiger partial charge on any atom is -0.469 e. The van der Waals surface area contributed by atoms with Crippen LogP contribution in [0, 0.1) is 44.3 Å². The predicted octanol–water partition coefficient (Wildman–Crippen LogP) is 7.22. The molecule has 4 saturated carbocycles. The van der Waals surface area contributed by atoms with Gasteiger partial charge in [-0.05, 0) is 93.3 Å². The number of hydrogen-bond donors (Lipinski definition) is 0. The van der Waals surface area contributed by atoms with E-state index in [4.69, 9.17) is 9.47 Å². The lowest BCUT2D eigenvalue weighted by molar-refractivity contribution is -0.171. The van der Waals surface area contributed by atoms with Crippen LogP contribution in [0.4, 0.5) is 0 Å². The molecule has 0 heterocycles. The summed E-state index contributed by atoms with van der Waals surface area (Å²) in [6.45, 7) is 17.5. The lowest BCUT2D eigenvalue weighted by atomic mass is 9.50. The standard InChI is InChI=1S/C33H50O5/c1-20(34)38-25-11-12-31(6)24(28(25,2)3)10-13-32(7)22(26(31)35)18-21-23-19-30(5,27(36)37-9)15-14-29(23,4)16-17-33(21,32)8/h22,24-25H,10-19H2,1-9H3/t22-,24+,25+,29-,30-,31+,32-,33-/m1/s1. The zero-order chi connectivity index (χ0) is 28.1. The van der Waals surface area contributed by atoms with Crippen LogP contribution in [0.15, 0.2) is 11.1 Å². The van der Waals surface area contributed by atoms with Crippen LogP contribution in [0.3, 0.4) is 0 Å². The summed E-state index contributed by atoms with van der Waals surface area (Å²) in [6.07, 6.45) is 9.08. The van der Waals surface area contributed by atoms with E-state index in [9.17, 15) is 14.4 Å². The molecule has 8 atom stereocenters. The Morgan fingerprint density at radius 1 is 0.842 bits per heavy atom. The van der Waals surface area contributed by atoms with Gasteiger partial charge in [0.05, 0.1) is 12.5 Å². The summed E-state index contributed by atoms with van der Waals surface area (Å²) in [5, 5.41) is 0. The van der Waals surface area contributed by atoms with Crippen LogP contribution in [0.25, 0.3) is 0 Å². The minimum absolute atomic E-state index is 0.000246. The third kappa shape index (κ3) is 3.51. The molecule has 0 amide bonds. The van der Waals surface area contributed by atoms with Crippen LogP contribution >= 0.6 is 0 Å². The summed E-state index contributed by atoms with van der Waals surface area (Å²) in [6, 6.07) is 0. The van der Waals surface area contributed by atoms with Gasteiger partial charge >= 0.3 is 11.9 Å². The molecular weight excluding hydrogens is 476 g/mol. The van der Waals surface area contributed by atoms with Gasteiger partial charge in [0.15, 0.2) is 0 Å². The summed E-state index contributed by atoms with van der Waals surface area (Å²) >= 11 is 0. The second kappa shape index (κ2) is 8.43. The van der Waals surface area contributed by atoms with Crippen molar-refractivity contribution >= 4 is 17.7 Å². The highest BCUT2D eigenvalue weighted by Crippen LogP contribution is 2.73. The SMILES string of the molecule is COC(=O)[C@]1(C)CC[C@]2(C)CC[C@]3(C)C(=C2C1)C[C@@H]1C(=O)[C@@]2(C)CC[C@H](OC(C)=O)C(C)(C)[C@@H]2CC[C@]13C. The third-order valence-electron chi connectivity index (χ3n) is 13.4. The van der Waals surface area contributed by atoms with Gasteiger partial charge in [0.25, 0.3) is 0 Å². The second-order valence-corrected chi connectivity index (χ2v) is 15.6. The van der Waals surface area contributed by atoms with Crippen LogP contribution in [0.1, 0.15) is 120 Å². The Hall–Kier alpha value is -1.65. The average molecular weight is 527 g/mol. The molecule has 212 valence electrons. The number of Topliss-reactive ketones (excluding diaryl/α,β-unsaturated/α-hetero) is 1. The number of allylic oxidation sites excluding steroid dienone is 2. The lowest BCUT2D eigenvalue weighted by Crippen LogP contribution is -2.54. The maximum atomic E-state index is 14.8. The summed E-state index contributed by atoms with van der Waals surface area (Å²) in [5.74, 6) is 0.301. The molecule has 0 N–H and O–H groups in total. The Bertz CT molecular complexity index is 1100. The van der Waals surface area contributed by atoms with E-state index in [1.54, 1.807) is 0 Å². The van der Waals surface area contributed by atoms with E-state index >= 15 is 0 Å². The molecule has 0 radical (unpaired) electrons. The molecule has 5 heteroatoms. The topological polar surface area (TPSA) is 69.7 Å². The van der Waals surface area contributed by atoms with Gasteiger partial charge in [-0.25, -0.2) is 0 Å². The maximum Gasteiger partial charge on any atom is 0.311 e. The van der Waals surface area contributed by atoms with E-state index in [2.05, 4.69) is 48.5 Å². The monoisotopic (exact) mass is 526 g/mol. The van der Waals surface area contributed by atoms with Gasteiger partial charge in [-0.3, -0.25) is 14.4 Å². The first-order chi connectivity index (χ1) is 17.5. The Balaban J connectivity index is 1.57. The number of ether oxygens (including phenoxy) is 2. The molecule has 0 aromatic heterocycles. The number of hydrogen-bond acceptors (Lipinski definition) is 5. The fourth-order valence-electron chi connectivity index (χ4n) is 10.5. The number of fused-ring (bicyclic) bond motifs is 5. The first-order valence-corrected chi connectivity index (χ1v) is 15.0. The van der Waals surface area contributed by atoms with Gasteiger partial charge in [0.1, 0.15) is 11.9 Å². The summed E-state index contributed by atoms with van der Waals surface area (Å²) in [4.78, 5) is 39.6. The number of esters is 2. The average Bonchev–Trinajstić information content (AvgIpc) is 3.02. The molecule has 0 aromatic rings. The maximum absolute atomic E-state index is 14.8. The smallest absolute Gasteiger partial charge is 0.311 e. The van der Waals surface area contributed by atoms with Gasteiger partial charge in [0.2, 0.25) is 0 Å². The van der Waals surface area contributed by atoms with Crippen molar-refractivity contribution < 1.29 is 23.9 Å². The number of carbonyl (C=O) groups excluding carboxylic acids is 3. The van der Waals surface area contributed by atoms with Crippen LogP contribution in [-0.2, 0) is 23.9 Å². The molecule has 4 fully saturated rings. The number of rotatable bonds is 2. The van der Waals surface area contributed by atoms with Crippen molar-refractivity contribution in [1.82, 2.24) is 0 Å². The second-order valence-electron chi connectivity index (χ2n) is 15.6. The zero-order valence-electron chi connectivity index (χ0n) is 25.3. The fraction of sp³-hybridized carbons (Fsp3) is 0.848. The first kappa shape index (κ1) is 27.9. The molecule has 0 spiro atoms. The van der Waals surface area contributed by atoms with E-state index in [0.29, 0.717) is 5.78 Å². The van der Waals surface area contributed by atoms with Crippen LogP contribution in [0.2, 0.25) is 0 Å². The van der Waals surface area contributed by atoms with Crippen LogP contribution < -0.4 is 0 Å². The molecule has 0 aromatic carbocycles. The Kier molecular flexibility index (Phi) is 6.19. The van der Waals surface area contributed by atoms with Crippen LogP contribution in [-0.4, -0.2) is 30.9 Å². The van der Waals surface area contributed by atoms with Gasteiger partial charge < -0.3 is 9.47 Å². The molecule has 0 unspecified atom stereocenters. The van der Waals surface area contributed by atoms with E-state index in [0.717, 1.165) is 64.2 Å². The van der Waals surface area contributed by atoms with E-state index in [1.807, 2.05) is 0 Å². The molecule has 5 aliphatic carbocycles. The van der Waals surface area contributed by atoms with Gasteiger partial charge in [-0.2, -0.15) is 0 Å². The van der Waals surface area contributed by atoms with Crippen molar-refractivity contribution in [2.24, 2.45) is 44.3 Å². The molecule has 0 saturated heterocycles. The summed E-state index contributed by atoms with van der Waals surface area (Å²) < 4.78 is 11.1. The minimum atomic E-state index is -0.486. The highest BCUT2D eigenvalue weighted by Gasteiger charge is 2.68. The van der Waals surface area contributed by atoms with Crippen molar-refractivity contribution in [1.29, 1.82) is 0 Å². The molecular formula is C33H50O5. The zero-order valence-corrected chi connectivity index (χ0v) is 25.3. The lowest BCUT2D eigenvalue weighted by Gasteiger charge is -2.54. The highest BCUT2D eigenvalue weighted by molar-refractivity contribution is 5.89. The Morgan fingerprint density at radius 2 is 1.50 bits per heavy atom. The van der Waals surface area contributed by atoms with E-state index in [1.165, 1.54) is 25.2 Å². The fourth-order valence-corrected chi connectivity index (χ4v) is 10.5. The van der Waals surface area contributed by atoms with Crippen molar-refractivity contribution in [2.75, 3.05) is 7.11 Å². The largest absolute Gasteiger partial charge is 0.469 e. The van der Waals surface area contributed by atoms with Gasteiger partial charge in [-0.15, -0.1) is 0 Å². The first-order valence-electron chi connectivity index (χ1n) is 15.0. The molecule has 5 nitrogen and oxygen atoms in total. The van der Waals surface area contributed by atoms with Gasteiger partial charge in [0, 0.05) is 23.7 Å².